The van der Waals surface area contributed by atoms with Crippen LogP contribution in [-0.2, 0) is 23.1 Å². The SMILES string of the molecule is Cc1cc(-c2nc3cc(CN[C@H](C(=O)OCC(C)(C)C)[C@@H](C)O)ccc3n2C(C)C)cn(C)c1=O. The third kappa shape index (κ3) is 6.18. The molecule has 2 heterocycles. The van der Waals surface area contributed by atoms with Crippen LogP contribution < -0.4 is 10.9 Å². The smallest absolute Gasteiger partial charge is 0.325 e. The summed E-state index contributed by atoms with van der Waals surface area (Å²) in [4.78, 5) is 29.6. The van der Waals surface area contributed by atoms with E-state index in [1.165, 1.54) is 0 Å². The van der Waals surface area contributed by atoms with E-state index in [9.17, 15) is 14.7 Å². The molecule has 35 heavy (non-hydrogen) atoms. The quantitative estimate of drug-likeness (QED) is 0.475. The van der Waals surface area contributed by atoms with Crippen molar-refractivity contribution < 1.29 is 14.6 Å². The van der Waals surface area contributed by atoms with Gasteiger partial charge in [-0.3, -0.25) is 14.9 Å². The summed E-state index contributed by atoms with van der Waals surface area (Å²) in [5.41, 5.74) is 4.11. The second-order valence-electron chi connectivity index (χ2n) is 10.8. The maximum Gasteiger partial charge on any atom is 0.325 e. The number of benzene rings is 1. The highest BCUT2D eigenvalue weighted by molar-refractivity contribution is 5.81. The Kier molecular flexibility index (Phi) is 7.87. The summed E-state index contributed by atoms with van der Waals surface area (Å²) in [6.45, 7) is 14.2. The molecule has 2 atom stereocenters. The number of pyridine rings is 1. The van der Waals surface area contributed by atoms with E-state index in [0.29, 0.717) is 12.1 Å². The molecule has 2 N–H and O–H groups in total. The molecule has 0 aliphatic heterocycles. The van der Waals surface area contributed by atoms with Crippen LogP contribution in [0, 0.1) is 12.3 Å². The van der Waals surface area contributed by atoms with E-state index in [-0.39, 0.29) is 23.6 Å². The molecule has 0 saturated carbocycles. The molecular formula is C27H38N4O4. The molecule has 3 aromatic rings. The van der Waals surface area contributed by atoms with Gasteiger partial charge in [0.2, 0.25) is 0 Å². The summed E-state index contributed by atoms with van der Waals surface area (Å²) < 4.78 is 9.15. The fourth-order valence-corrected chi connectivity index (χ4v) is 4.04. The van der Waals surface area contributed by atoms with Crippen LogP contribution >= 0.6 is 0 Å². The average molecular weight is 483 g/mol. The third-order valence-electron chi connectivity index (χ3n) is 5.80. The van der Waals surface area contributed by atoms with E-state index >= 15 is 0 Å². The van der Waals surface area contributed by atoms with Crippen LogP contribution in [0.1, 0.15) is 58.7 Å². The number of nitrogens with zero attached hydrogens (tertiary/aromatic N) is 3. The Balaban J connectivity index is 1.89. The lowest BCUT2D eigenvalue weighted by atomic mass is 9.98. The van der Waals surface area contributed by atoms with E-state index in [0.717, 1.165) is 28.0 Å². The molecule has 0 aliphatic carbocycles. The van der Waals surface area contributed by atoms with Crippen molar-refractivity contribution in [1.82, 2.24) is 19.4 Å². The number of imidazole rings is 1. The molecule has 0 bridgehead atoms. The molecule has 0 fully saturated rings. The fraction of sp³-hybridized carbons (Fsp3) is 0.519. The van der Waals surface area contributed by atoms with Gasteiger partial charge in [0.15, 0.2) is 0 Å². The molecule has 190 valence electrons. The topological polar surface area (TPSA) is 98.4 Å². The number of ether oxygens (including phenoxy) is 1. The van der Waals surface area contributed by atoms with Crippen LogP contribution in [0.2, 0.25) is 0 Å². The van der Waals surface area contributed by atoms with E-state index in [2.05, 4.69) is 23.7 Å². The average Bonchev–Trinajstić information content (AvgIpc) is 3.14. The number of hydrogen-bond donors (Lipinski definition) is 2. The number of aliphatic hydroxyl groups excluding tert-OH is 1. The number of aryl methyl sites for hydroxylation is 2. The number of carbonyl (C=O) groups is 1. The molecule has 0 unspecified atom stereocenters. The van der Waals surface area contributed by atoms with Gasteiger partial charge in [-0.05, 0) is 56.9 Å². The first-order valence-electron chi connectivity index (χ1n) is 12.0. The van der Waals surface area contributed by atoms with Gasteiger partial charge in [0.05, 0.1) is 23.7 Å². The van der Waals surface area contributed by atoms with Crippen molar-refractivity contribution in [2.75, 3.05) is 6.61 Å². The van der Waals surface area contributed by atoms with E-state index in [1.54, 1.807) is 18.5 Å². The summed E-state index contributed by atoms with van der Waals surface area (Å²) in [5.74, 6) is 0.332. The van der Waals surface area contributed by atoms with Crippen molar-refractivity contribution >= 4 is 17.0 Å². The van der Waals surface area contributed by atoms with Gasteiger partial charge >= 0.3 is 5.97 Å². The van der Waals surface area contributed by atoms with Crippen molar-refractivity contribution in [1.29, 1.82) is 0 Å². The molecule has 8 nitrogen and oxygen atoms in total. The Bertz CT molecular complexity index is 1240. The number of nitrogens with one attached hydrogen (secondary N) is 1. The Morgan fingerprint density at radius 3 is 2.46 bits per heavy atom. The van der Waals surface area contributed by atoms with Crippen LogP contribution in [0.3, 0.4) is 0 Å². The Morgan fingerprint density at radius 2 is 1.89 bits per heavy atom. The zero-order chi connectivity index (χ0) is 26.1. The van der Waals surface area contributed by atoms with Crippen LogP contribution in [0.5, 0.6) is 0 Å². The Hall–Kier alpha value is -2.97. The van der Waals surface area contributed by atoms with Crippen LogP contribution in [-0.4, -0.2) is 43.9 Å². The fourth-order valence-electron chi connectivity index (χ4n) is 4.04. The zero-order valence-electron chi connectivity index (χ0n) is 22.0. The highest BCUT2D eigenvalue weighted by Crippen LogP contribution is 2.29. The summed E-state index contributed by atoms with van der Waals surface area (Å²) in [6.07, 6.45) is 0.917. The Morgan fingerprint density at radius 1 is 1.20 bits per heavy atom. The maximum atomic E-state index is 12.5. The summed E-state index contributed by atoms with van der Waals surface area (Å²) in [7, 11) is 1.75. The number of carbonyl (C=O) groups excluding carboxylic acids is 1. The van der Waals surface area contributed by atoms with Gasteiger partial charge in [0.25, 0.3) is 5.56 Å². The number of hydrogen-bond acceptors (Lipinski definition) is 6. The minimum atomic E-state index is -0.897. The lowest BCUT2D eigenvalue weighted by Crippen LogP contribution is -2.46. The second kappa shape index (κ2) is 10.3. The van der Waals surface area contributed by atoms with Crippen molar-refractivity contribution in [3.63, 3.8) is 0 Å². The van der Waals surface area contributed by atoms with Gasteiger partial charge in [-0.15, -0.1) is 0 Å². The third-order valence-corrected chi connectivity index (χ3v) is 5.80. The number of esters is 1. The molecule has 0 spiro atoms. The molecule has 3 rings (SSSR count). The predicted octanol–water partition coefficient (Wildman–Crippen LogP) is 3.72. The lowest BCUT2D eigenvalue weighted by molar-refractivity contribution is -0.151. The minimum absolute atomic E-state index is 0.0250. The van der Waals surface area contributed by atoms with E-state index in [4.69, 9.17) is 9.72 Å². The second-order valence-corrected chi connectivity index (χ2v) is 10.8. The lowest BCUT2D eigenvalue weighted by Gasteiger charge is -2.23. The van der Waals surface area contributed by atoms with Crippen molar-refractivity contribution in [3.8, 4) is 11.4 Å². The van der Waals surface area contributed by atoms with Gasteiger partial charge in [0.1, 0.15) is 11.9 Å². The van der Waals surface area contributed by atoms with Gasteiger partial charge in [-0.25, -0.2) is 4.98 Å². The molecule has 0 radical (unpaired) electrons. The summed E-state index contributed by atoms with van der Waals surface area (Å²) >= 11 is 0. The molecular weight excluding hydrogens is 444 g/mol. The number of fused-ring (bicyclic) bond motifs is 1. The predicted molar refractivity (Wildman–Crippen MR) is 138 cm³/mol. The normalized spacial score (nSPS) is 13.9. The number of aliphatic hydroxyl groups is 1. The van der Waals surface area contributed by atoms with Crippen molar-refractivity contribution in [3.05, 3.63) is 51.9 Å². The molecule has 2 aromatic heterocycles. The van der Waals surface area contributed by atoms with Gasteiger partial charge in [-0.1, -0.05) is 26.8 Å². The standard InChI is InChI=1S/C27H38N4O4/c1-16(2)31-22-10-9-19(13-28-23(18(4)32)26(34)35-15-27(5,6)7)12-21(22)29-24(31)20-11-17(3)25(33)30(8)14-20/h9-12,14,16,18,23,28,32H,13,15H2,1-8H3/t18-,23+/m1/s1. The van der Waals surface area contributed by atoms with Crippen LogP contribution in [0.15, 0.2) is 35.3 Å². The summed E-state index contributed by atoms with van der Waals surface area (Å²) in [6, 6.07) is 7.21. The number of rotatable bonds is 8. The number of aromatic nitrogens is 3. The molecule has 1 aromatic carbocycles. The minimum Gasteiger partial charge on any atom is -0.464 e. The zero-order valence-corrected chi connectivity index (χ0v) is 22.0. The molecule has 8 heteroatoms. The van der Waals surface area contributed by atoms with Crippen LogP contribution in [0.25, 0.3) is 22.4 Å². The first-order chi connectivity index (χ1) is 16.3. The highest BCUT2D eigenvalue weighted by atomic mass is 16.5. The first kappa shape index (κ1) is 26.6. The monoisotopic (exact) mass is 482 g/mol. The van der Waals surface area contributed by atoms with Gasteiger partial charge < -0.3 is 19.0 Å². The molecule has 0 aliphatic rings. The highest BCUT2D eigenvalue weighted by Gasteiger charge is 2.26. The maximum absolute atomic E-state index is 12.5. The van der Waals surface area contributed by atoms with Crippen molar-refractivity contribution in [2.24, 2.45) is 12.5 Å². The van der Waals surface area contributed by atoms with E-state index in [1.807, 2.05) is 58.2 Å². The first-order valence-corrected chi connectivity index (χ1v) is 12.0. The van der Waals surface area contributed by atoms with Crippen LogP contribution in [0.4, 0.5) is 0 Å². The van der Waals surface area contributed by atoms with E-state index < -0.39 is 18.1 Å². The largest absolute Gasteiger partial charge is 0.464 e. The Labute approximate surface area is 206 Å². The summed E-state index contributed by atoms with van der Waals surface area (Å²) in [5, 5.41) is 13.3. The molecule has 0 amide bonds. The van der Waals surface area contributed by atoms with Crippen molar-refractivity contribution in [2.45, 2.75) is 73.2 Å². The van der Waals surface area contributed by atoms with Gasteiger partial charge in [-0.2, -0.15) is 0 Å². The molecule has 0 saturated heterocycles. The van der Waals surface area contributed by atoms with Gasteiger partial charge in [0, 0.05) is 37.0 Å².